The number of hydrogen-bond donors (Lipinski definition) is 3. The minimum Gasteiger partial charge on any atom is -0.394 e. The summed E-state index contributed by atoms with van der Waals surface area (Å²) in [5, 5.41) is 28.3. The maximum Gasteiger partial charge on any atom is 0.187 e. The van der Waals surface area contributed by atoms with Crippen molar-refractivity contribution in [2.24, 2.45) is 0 Å². The van der Waals surface area contributed by atoms with E-state index in [0.717, 1.165) is 11.1 Å². The molecule has 19 heavy (non-hydrogen) atoms. The van der Waals surface area contributed by atoms with Gasteiger partial charge in [0.25, 0.3) is 0 Å². The molecule has 0 spiro atoms. The molecule has 1 aliphatic heterocycles. The zero-order chi connectivity index (χ0) is 14.4. The van der Waals surface area contributed by atoms with Gasteiger partial charge < -0.3 is 24.8 Å². The number of allylic oxidation sites excluding steroid dienone is 3. The van der Waals surface area contributed by atoms with Gasteiger partial charge in [-0.05, 0) is 25.0 Å². The van der Waals surface area contributed by atoms with Crippen molar-refractivity contribution in [3.63, 3.8) is 0 Å². The lowest BCUT2D eigenvalue weighted by Gasteiger charge is -2.16. The molecule has 0 aromatic rings. The Kier molecular flexibility index (Phi) is 6.41. The van der Waals surface area contributed by atoms with E-state index in [1.807, 2.05) is 26.0 Å². The second-order valence-electron chi connectivity index (χ2n) is 4.43. The van der Waals surface area contributed by atoms with E-state index in [0.29, 0.717) is 0 Å². The Labute approximate surface area is 113 Å². The van der Waals surface area contributed by atoms with Crippen LogP contribution in [0.5, 0.6) is 0 Å². The lowest BCUT2D eigenvalue weighted by Crippen LogP contribution is -2.34. The third-order valence-electron chi connectivity index (χ3n) is 3.07. The number of aliphatic hydroxyl groups is 3. The molecule has 0 unspecified atom stereocenters. The van der Waals surface area contributed by atoms with Gasteiger partial charge in [0, 0.05) is 0 Å². The Hall–Kier alpha value is -0.980. The van der Waals surface area contributed by atoms with Crippen molar-refractivity contribution in [1.82, 2.24) is 0 Å². The Morgan fingerprint density at radius 1 is 1.37 bits per heavy atom. The third kappa shape index (κ3) is 3.99. The highest BCUT2D eigenvalue weighted by molar-refractivity contribution is 5.30. The van der Waals surface area contributed by atoms with Crippen LogP contribution in [0.2, 0.25) is 0 Å². The molecule has 0 aromatic carbocycles. The van der Waals surface area contributed by atoms with Crippen LogP contribution in [0.3, 0.4) is 0 Å². The number of hydrogen-bond acceptors (Lipinski definition) is 5. The first-order chi connectivity index (χ1) is 9.04. The normalized spacial score (nSPS) is 32.7. The second kappa shape index (κ2) is 7.57. The van der Waals surface area contributed by atoms with Crippen LogP contribution in [0.1, 0.15) is 13.8 Å². The molecule has 0 radical (unpaired) electrons. The first-order valence-corrected chi connectivity index (χ1v) is 6.24. The smallest absolute Gasteiger partial charge is 0.187 e. The zero-order valence-electron chi connectivity index (χ0n) is 11.3. The van der Waals surface area contributed by atoms with Gasteiger partial charge in [-0.25, -0.2) is 0 Å². The maximum absolute atomic E-state index is 9.72. The minimum atomic E-state index is -1.16. The molecule has 108 valence electrons. The van der Waals surface area contributed by atoms with Crippen molar-refractivity contribution in [3.8, 4) is 0 Å². The first-order valence-electron chi connectivity index (χ1n) is 6.24. The van der Waals surface area contributed by atoms with Crippen LogP contribution in [0.15, 0.2) is 36.0 Å². The van der Waals surface area contributed by atoms with Gasteiger partial charge in [0.05, 0.1) is 13.2 Å². The van der Waals surface area contributed by atoms with Crippen molar-refractivity contribution in [1.29, 1.82) is 0 Å². The van der Waals surface area contributed by atoms with Gasteiger partial charge in [-0.1, -0.05) is 24.8 Å². The van der Waals surface area contributed by atoms with Gasteiger partial charge in [0.2, 0.25) is 0 Å². The minimum absolute atomic E-state index is 0.215. The van der Waals surface area contributed by atoms with Crippen LogP contribution < -0.4 is 0 Å². The van der Waals surface area contributed by atoms with E-state index in [9.17, 15) is 10.2 Å². The highest BCUT2D eigenvalue weighted by Crippen LogP contribution is 2.23. The van der Waals surface area contributed by atoms with E-state index in [-0.39, 0.29) is 13.2 Å². The molecule has 1 rings (SSSR count). The van der Waals surface area contributed by atoms with Gasteiger partial charge in [0.15, 0.2) is 6.29 Å². The molecule has 0 aliphatic carbocycles. The molecule has 1 heterocycles. The Morgan fingerprint density at radius 2 is 2.05 bits per heavy atom. The summed E-state index contributed by atoms with van der Waals surface area (Å²) >= 11 is 0. The monoisotopic (exact) mass is 270 g/mol. The van der Waals surface area contributed by atoms with E-state index in [1.165, 1.54) is 0 Å². The van der Waals surface area contributed by atoms with E-state index in [1.54, 1.807) is 6.08 Å². The summed E-state index contributed by atoms with van der Waals surface area (Å²) in [7, 11) is 0. The van der Waals surface area contributed by atoms with Gasteiger partial charge in [0.1, 0.15) is 18.3 Å². The second-order valence-corrected chi connectivity index (χ2v) is 4.43. The predicted octanol–water partition coefficient (Wildman–Crippen LogP) is 0.521. The third-order valence-corrected chi connectivity index (χ3v) is 3.07. The van der Waals surface area contributed by atoms with E-state index in [4.69, 9.17) is 14.6 Å². The quantitative estimate of drug-likeness (QED) is 0.613. The summed E-state index contributed by atoms with van der Waals surface area (Å²) in [5.41, 5.74) is 1.88. The Morgan fingerprint density at radius 3 is 2.53 bits per heavy atom. The highest BCUT2D eigenvalue weighted by atomic mass is 16.7. The van der Waals surface area contributed by atoms with Crippen molar-refractivity contribution in [2.75, 3.05) is 13.2 Å². The molecule has 5 heteroatoms. The summed E-state index contributed by atoms with van der Waals surface area (Å²) in [4.78, 5) is 0. The molecule has 0 aromatic heterocycles. The zero-order valence-corrected chi connectivity index (χ0v) is 11.3. The fraction of sp³-hybridized carbons (Fsp3) is 0.571. The summed E-state index contributed by atoms with van der Waals surface area (Å²) in [5.74, 6) is 0. The Bertz CT molecular complexity index is 361. The molecule has 0 amide bonds. The topological polar surface area (TPSA) is 79.2 Å². The van der Waals surface area contributed by atoms with Crippen LogP contribution in [-0.4, -0.2) is 53.1 Å². The van der Waals surface area contributed by atoms with Gasteiger partial charge in [-0.3, -0.25) is 0 Å². The van der Waals surface area contributed by atoms with Crippen molar-refractivity contribution >= 4 is 0 Å². The molecular weight excluding hydrogens is 248 g/mol. The molecule has 1 fully saturated rings. The van der Waals surface area contributed by atoms with Crippen LogP contribution in [-0.2, 0) is 9.47 Å². The summed E-state index contributed by atoms with van der Waals surface area (Å²) in [6.45, 7) is 7.41. The molecule has 1 saturated heterocycles. The molecule has 0 saturated carbocycles. The van der Waals surface area contributed by atoms with E-state index >= 15 is 0 Å². The van der Waals surface area contributed by atoms with Crippen LogP contribution in [0, 0.1) is 0 Å². The van der Waals surface area contributed by atoms with Crippen LogP contribution in [0.25, 0.3) is 0 Å². The van der Waals surface area contributed by atoms with Gasteiger partial charge in [-0.2, -0.15) is 0 Å². The lowest BCUT2D eigenvalue weighted by molar-refractivity contribution is -0.163. The highest BCUT2D eigenvalue weighted by Gasteiger charge is 2.43. The number of aliphatic hydroxyl groups excluding tert-OH is 3. The van der Waals surface area contributed by atoms with E-state index in [2.05, 4.69) is 6.58 Å². The summed E-state index contributed by atoms with van der Waals surface area (Å²) in [6.07, 6.45) is 1.46. The molecule has 4 atom stereocenters. The van der Waals surface area contributed by atoms with E-state index < -0.39 is 24.6 Å². The van der Waals surface area contributed by atoms with Gasteiger partial charge >= 0.3 is 0 Å². The lowest BCUT2D eigenvalue weighted by atomic mass is 10.1. The number of ether oxygens (including phenoxy) is 2. The van der Waals surface area contributed by atoms with Crippen LogP contribution in [0.4, 0.5) is 0 Å². The average molecular weight is 270 g/mol. The fourth-order valence-corrected chi connectivity index (χ4v) is 1.87. The Balaban J connectivity index is 2.62. The maximum atomic E-state index is 9.72. The predicted molar refractivity (Wildman–Crippen MR) is 71.4 cm³/mol. The molecule has 1 aliphatic rings. The van der Waals surface area contributed by atoms with Gasteiger partial charge in [-0.15, -0.1) is 0 Å². The molecule has 5 nitrogen and oxygen atoms in total. The van der Waals surface area contributed by atoms with Crippen molar-refractivity contribution in [2.45, 2.75) is 38.4 Å². The summed E-state index contributed by atoms with van der Waals surface area (Å²) < 4.78 is 10.7. The molecular formula is C14H22O5. The van der Waals surface area contributed by atoms with Crippen molar-refractivity contribution in [3.05, 3.63) is 36.0 Å². The average Bonchev–Trinajstić information content (AvgIpc) is 2.67. The summed E-state index contributed by atoms with van der Waals surface area (Å²) in [6, 6.07) is 0. The van der Waals surface area contributed by atoms with Crippen molar-refractivity contribution < 1.29 is 24.8 Å². The van der Waals surface area contributed by atoms with Crippen LogP contribution >= 0.6 is 0 Å². The fourth-order valence-electron chi connectivity index (χ4n) is 1.87. The molecule has 0 bridgehead atoms. The largest absolute Gasteiger partial charge is 0.394 e. The standard InChI is InChI=1S/C14H22O5/c1-4-6-9(3)10(5-2)8-18-14-13(17)12(16)11(7-15)19-14/h4-6,11-17H,2,7-8H2,1,3H3/b6-4-,10-9+/t11-,12-,13+,14-/m1/s1. The SMILES string of the molecule is C=C/C(CO[C@@H]1O[C@H](CO)[C@@H](O)[C@@H]1O)=C(C)\C=C/C. The molecule has 3 N–H and O–H groups in total. The first kappa shape index (κ1) is 16.1. The number of rotatable bonds is 6.